The highest BCUT2D eigenvalue weighted by atomic mass is 79.9. The Balaban J connectivity index is 2.31. The summed E-state index contributed by atoms with van der Waals surface area (Å²) in [7, 11) is 0. The number of imidazole rings is 1. The minimum atomic E-state index is -0.433. The van der Waals surface area contributed by atoms with Gasteiger partial charge in [0, 0.05) is 16.2 Å². The van der Waals surface area contributed by atoms with Gasteiger partial charge in [-0.15, -0.1) is 0 Å². The van der Waals surface area contributed by atoms with Gasteiger partial charge in [-0.2, -0.15) is 0 Å². The quantitative estimate of drug-likeness (QED) is 0.743. The number of nitrogen functional groups attached to an aromatic ring is 1. The van der Waals surface area contributed by atoms with Crippen molar-refractivity contribution in [3.8, 4) is 11.3 Å². The van der Waals surface area contributed by atoms with E-state index >= 15 is 0 Å². The maximum Gasteiger partial charge on any atom is 0.140 e. The Morgan fingerprint density at radius 3 is 2.74 bits per heavy atom. The molecule has 0 saturated carbocycles. The fourth-order valence-corrected chi connectivity index (χ4v) is 2.28. The first-order valence-electron chi connectivity index (χ1n) is 5.45. The van der Waals surface area contributed by atoms with Gasteiger partial charge in [0.15, 0.2) is 0 Å². The average molecular weight is 324 g/mol. The van der Waals surface area contributed by atoms with Crippen LogP contribution in [0.15, 0.2) is 41.0 Å². The molecule has 3 rings (SSSR count). The first kappa shape index (κ1) is 12.1. The smallest absolute Gasteiger partial charge is 0.140 e. The normalized spacial score (nSPS) is 11.1. The number of pyridine rings is 1. The summed E-state index contributed by atoms with van der Waals surface area (Å²) >= 11 is 3.27. The third kappa shape index (κ3) is 1.98. The van der Waals surface area contributed by atoms with Gasteiger partial charge in [0.2, 0.25) is 0 Å². The minimum absolute atomic E-state index is 0.200. The van der Waals surface area contributed by atoms with Gasteiger partial charge in [0.05, 0.1) is 0 Å². The van der Waals surface area contributed by atoms with Crippen LogP contribution in [0.1, 0.15) is 0 Å². The Kier molecular flexibility index (Phi) is 2.74. The molecule has 0 unspecified atom stereocenters. The summed E-state index contributed by atoms with van der Waals surface area (Å²) in [6.07, 6.45) is 1.22. The van der Waals surface area contributed by atoms with Crippen molar-refractivity contribution in [2.75, 3.05) is 5.73 Å². The average Bonchev–Trinajstić information content (AvgIpc) is 2.70. The maximum absolute atomic E-state index is 13.8. The lowest BCUT2D eigenvalue weighted by Gasteiger charge is -2.02. The summed E-state index contributed by atoms with van der Waals surface area (Å²) in [5.74, 6) is -0.664. The van der Waals surface area contributed by atoms with Crippen molar-refractivity contribution in [1.82, 2.24) is 9.38 Å². The van der Waals surface area contributed by atoms with E-state index in [4.69, 9.17) is 5.73 Å². The highest BCUT2D eigenvalue weighted by Crippen LogP contribution is 2.30. The largest absolute Gasteiger partial charge is 0.383 e. The third-order valence-electron chi connectivity index (χ3n) is 2.80. The molecule has 0 spiro atoms. The molecular formula is C13H8BrF2N3. The Morgan fingerprint density at radius 2 is 1.95 bits per heavy atom. The van der Waals surface area contributed by atoms with Gasteiger partial charge in [-0.25, -0.2) is 13.8 Å². The van der Waals surface area contributed by atoms with Crippen LogP contribution < -0.4 is 5.73 Å². The molecule has 0 atom stereocenters. The Labute approximate surface area is 115 Å². The number of nitrogens with zero attached hydrogens (tertiary/aromatic N) is 2. The van der Waals surface area contributed by atoms with E-state index in [2.05, 4.69) is 20.9 Å². The second-order valence-electron chi connectivity index (χ2n) is 4.05. The lowest BCUT2D eigenvalue weighted by atomic mass is 10.1. The Bertz CT molecular complexity index is 783. The summed E-state index contributed by atoms with van der Waals surface area (Å²) in [4.78, 5) is 4.24. The molecule has 0 aliphatic rings. The molecule has 6 heteroatoms. The van der Waals surface area contributed by atoms with E-state index in [1.54, 1.807) is 12.1 Å². The molecule has 0 aliphatic heterocycles. The second kappa shape index (κ2) is 4.31. The molecule has 0 amide bonds. The molecule has 2 heterocycles. The number of hydrogen-bond donors (Lipinski definition) is 1. The first-order chi connectivity index (χ1) is 9.06. The zero-order chi connectivity index (χ0) is 13.6. The van der Waals surface area contributed by atoms with Gasteiger partial charge >= 0.3 is 0 Å². The summed E-state index contributed by atoms with van der Waals surface area (Å²) in [6, 6.07) is 7.27. The molecule has 2 aromatic heterocycles. The summed E-state index contributed by atoms with van der Waals surface area (Å²) in [5.41, 5.74) is 6.95. The summed E-state index contributed by atoms with van der Waals surface area (Å²) in [6.45, 7) is 0. The molecule has 0 radical (unpaired) electrons. The van der Waals surface area contributed by atoms with Crippen molar-refractivity contribution in [3.63, 3.8) is 0 Å². The predicted octanol–water partition coefficient (Wildman–Crippen LogP) is 3.62. The topological polar surface area (TPSA) is 43.3 Å². The molecule has 0 aliphatic carbocycles. The van der Waals surface area contributed by atoms with Crippen molar-refractivity contribution in [3.05, 3.63) is 52.6 Å². The van der Waals surface area contributed by atoms with Crippen LogP contribution in [0.4, 0.5) is 14.6 Å². The molecule has 0 saturated heterocycles. The van der Waals surface area contributed by atoms with E-state index in [1.807, 2.05) is 0 Å². The van der Waals surface area contributed by atoms with Crippen LogP contribution >= 0.6 is 15.9 Å². The van der Waals surface area contributed by atoms with Crippen LogP contribution in [-0.2, 0) is 0 Å². The van der Waals surface area contributed by atoms with Gasteiger partial charge in [-0.3, -0.25) is 4.40 Å². The zero-order valence-corrected chi connectivity index (χ0v) is 11.2. The van der Waals surface area contributed by atoms with Gasteiger partial charge < -0.3 is 5.73 Å². The van der Waals surface area contributed by atoms with Crippen LogP contribution in [-0.4, -0.2) is 9.38 Å². The van der Waals surface area contributed by atoms with Crippen LogP contribution in [0.3, 0.4) is 0 Å². The monoisotopic (exact) mass is 323 g/mol. The molecule has 0 bridgehead atoms. The number of nitrogens with two attached hydrogens (primary N) is 1. The zero-order valence-electron chi connectivity index (χ0n) is 9.57. The summed E-state index contributed by atoms with van der Waals surface area (Å²) < 4.78 is 29.1. The minimum Gasteiger partial charge on any atom is -0.383 e. The summed E-state index contributed by atoms with van der Waals surface area (Å²) in [5, 5.41) is 0. The van der Waals surface area contributed by atoms with E-state index in [9.17, 15) is 8.78 Å². The molecule has 0 fully saturated rings. The fourth-order valence-electron chi connectivity index (χ4n) is 1.91. The number of benzene rings is 1. The van der Waals surface area contributed by atoms with Crippen molar-refractivity contribution >= 4 is 27.4 Å². The molecular weight excluding hydrogens is 316 g/mol. The predicted molar refractivity (Wildman–Crippen MR) is 72.7 cm³/mol. The number of anilines is 1. The Hall–Kier alpha value is -1.95. The van der Waals surface area contributed by atoms with E-state index < -0.39 is 11.6 Å². The molecule has 19 heavy (non-hydrogen) atoms. The van der Waals surface area contributed by atoms with Gasteiger partial charge in [-0.1, -0.05) is 15.9 Å². The molecule has 2 N–H and O–H groups in total. The number of rotatable bonds is 1. The van der Waals surface area contributed by atoms with Crippen molar-refractivity contribution < 1.29 is 8.78 Å². The lowest BCUT2D eigenvalue weighted by molar-refractivity contribution is 0.619. The van der Waals surface area contributed by atoms with Crippen LogP contribution in [0.5, 0.6) is 0 Å². The van der Waals surface area contributed by atoms with Crippen molar-refractivity contribution in [1.29, 1.82) is 0 Å². The van der Waals surface area contributed by atoms with E-state index in [1.165, 1.54) is 28.8 Å². The third-order valence-corrected chi connectivity index (χ3v) is 3.30. The number of fused-ring (bicyclic) bond motifs is 1. The highest BCUT2D eigenvalue weighted by Gasteiger charge is 2.15. The van der Waals surface area contributed by atoms with E-state index in [0.717, 1.165) is 0 Å². The Morgan fingerprint density at radius 1 is 1.16 bits per heavy atom. The molecule has 3 aromatic rings. The van der Waals surface area contributed by atoms with Crippen LogP contribution in [0, 0.1) is 11.6 Å². The van der Waals surface area contributed by atoms with E-state index in [-0.39, 0.29) is 11.4 Å². The highest BCUT2D eigenvalue weighted by molar-refractivity contribution is 9.10. The number of halogens is 3. The van der Waals surface area contributed by atoms with Crippen LogP contribution in [0.2, 0.25) is 0 Å². The standard InChI is InChI=1S/C13H8BrF2N3/c14-7-1-3-10(16)9(5-7)12-13(17)19-6-8(15)2-4-11(19)18-12/h1-6H,17H2. The first-order valence-corrected chi connectivity index (χ1v) is 6.24. The van der Waals surface area contributed by atoms with Gasteiger partial charge in [0.1, 0.15) is 28.8 Å². The molecule has 3 nitrogen and oxygen atoms in total. The van der Waals surface area contributed by atoms with Crippen molar-refractivity contribution in [2.45, 2.75) is 0 Å². The fraction of sp³-hybridized carbons (Fsp3) is 0. The second-order valence-corrected chi connectivity index (χ2v) is 4.96. The van der Waals surface area contributed by atoms with Gasteiger partial charge in [0.25, 0.3) is 0 Å². The molecule has 96 valence electrons. The number of hydrogen-bond acceptors (Lipinski definition) is 2. The number of aromatic nitrogens is 2. The lowest BCUT2D eigenvalue weighted by Crippen LogP contribution is -1.95. The SMILES string of the molecule is Nc1c(-c2cc(Br)ccc2F)nc2ccc(F)cn12. The van der Waals surface area contributed by atoms with Crippen LogP contribution in [0.25, 0.3) is 16.9 Å². The molecule has 1 aromatic carbocycles. The van der Waals surface area contributed by atoms with Gasteiger partial charge in [-0.05, 0) is 30.3 Å². The maximum atomic E-state index is 13.8. The van der Waals surface area contributed by atoms with Crippen molar-refractivity contribution in [2.24, 2.45) is 0 Å². The van der Waals surface area contributed by atoms with E-state index in [0.29, 0.717) is 15.8 Å².